The molecule has 2 rings (SSSR count). The highest BCUT2D eigenvalue weighted by molar-refractivity contribution is 5.85. The molecule has 1 fully saturated rings. The third-order valence-electron chi connectivity index (χ3n) is 4.57. The SMILES string of the molecule is Cc1ccc(C(C)C)c(OCC(O)CN2CCN(CCO)CC2)c1.Cl.Cl. The highest BCUT2D eigenvalue weighted by atomic mass is 35.5. The number of hydrogen-bond donors (Lipinski definition) is 2. The molecule has 0 bridgehead atoms. The number of aryl methyl sites for hydroxylation is 1. The van der Waals surface area contributed by atoms with Crippen LogP contribution in [0, 0.1) is 6.92 Å². The molecule has 0 spiro atoms. The highest BCUT2D eigenvalue weighted by Gasteiger charge is 2.19. The fraction of sp³-hybridized carbons (Fsp3) is 0.684. The lowest BCUT2D eigenvalue weighted by atomic mass is 10.0. The summed E-state index contributed by atoms with van der Waals surface area (Å²) in [5, 5.41) is 19.3. The van der Waals surface area contributed by atoms with Gasteiger partial charge < -0.3 is 14.9 Å². The molecule has 1 aromatic carbocycles. The molecule has 1 saturated heterocycles. The summed E-state index contributed by atoms with van der Waals surface area (Å²) in [5.74, 6) is 1.29. The maximum Gasteiger partial charge on any atom is 0.123 e. The molecule has 1 atom stereocenters. The van der Waals surface area contributed by atoms with E-state index in [4.69, 9.17) is 9.84 Å². The summed E-state index contributed by atoms with van der Waals surface area (Å²) in [6.45, 7) is 12.0. The number of nitrogens with zero attached hydrogens (tertiary/aromatic N) is 2. The highest BCUT2D eigenvalue weighted by Crippen LogP contribution is 2.27. The van der Waals surface area contributed by atoms with Crippen LogP contribution in [0.4, 0.5) is 0 Å². The Hall–Kier alpha value is -0.560. The van der Waals surface area contributed by atoms with Crippen LogP contribution in [0.15, 0.2) is 18.2 Å². The van der Waals surface area contributed by atoms with Gasteiger partial charge in [0, 0.05) is 39.3 Å². The van der Waals surface area contributed by atoms with Crippen LogP contribution < -0.4 is 4.74 Å². The Kier molecular flexibility index (Phi) is 12.5. The number of aliphatic hydroxyl groups excluding tert-OH is 2. The van der Waals surface area contributed by atoms with Gasteiger partial charge in [0.25, 0.3) is 0 Å². The molecule has 152 valence electrons. The molecule has 7 heteroatoms. The molecule has 1 aromatic rings. The minimum Gasteiger partial charge on any atom is -0.491 e. The van der Waals surface area contributed by atoms with Gasteiger partial charge in [0.05, 0.1) is 6.61 Å². The van der Waals surface area contributed by atoms with Gasteiger partial charge in [0.1, 0.15) is 18.5 Å². The fourth-order valence-electron chi connectivity index (χ4n) is 3.12. The lowest BCUT2D eigenvalue weighted by molar-refractivity contribution is 0.0426. The predicted octanol–water partition coefficient (Wildman–Crippen LogP) is 2.31. The summed E-state index contributed by atoms with van der Waals surface area (Å²) in [4.78, 5) is 4.52. The lowest BCUT2D eigenvalue weighted by Crippen LogP contribution is -2.49. The number of hydrogen-bond acceptors (Lipinski definition) is 5. The Morgan fingerprint density at radius 1 is 1.08 bits per heavy atom. The molecule has 1 heterocycles. The first-order valence-electron chi connectivity index (χ1n) is 8.96. The number of aliphatic hydroxyl groups is 2. The average molecular weight is 409 g/mol. The van der Waals surface area contributed by atoms with Gasteiger partial charge in [-0.3, -0.25) is 9.80 Å². The van der Waals surface area contributed by atoms with Crippen molar-refractivity contribution in [2.75, 3.05) is 52.5 Å². The number of benzene rings is 1. The topological polar surface area (TPSA) is 56.2 Å². The lowest BCUT2D eigenvalue weighted by Gasteiger charge is -2.35. The minimum absolute atomic E-state index is 0. The van der Waals surface area contributed by atoms with E-state index < -0.39 is 6.10 Å². The first-order chi connectivity index (χ1) is 11.5. The quantitative estimate of drug-likeness (QED) is 0.690. The van der Waals surface area contributed by atoms with E-state index in [1.54, 1.807) is 0 Å². The number of ether oxygens (including phenoxy) is 1. The normalized spacial score (nSPS) is 16.7. The second kappa shape index (κ2) is 12.8. The summed E-state index contributed by atoms with van der Waals surface area (Å²) in [6.07, 6.45) is -0.491. The van der Waals surface area contributed by atoms with Gasteiger partial charge in [-0.05, 0) is 30.0 Å². The molecule has 0 aromatic heterocycles. The average Bonchev–Trinajstić information content (AvgIpc) is 2.55. The molecular weight excluding hydrogens is 375 g/mol. The zero-order valence-electron chi connectivity index (χ0n) is 16.1. The van der Waals surface area contributed by atoms with Gasteiger partial charge in [-0.1, -0.05) is 26.0 Å². The van der Waals surface area contributed by atoms with Crippen molar-refractivity contribution in [2.24, 2.45) is 0 Å². The maximum absolute atomic E-state index is 10.3. The van der Waals surface area contributed by atoms with Crippen molar-refractivity contribution in [1.82, 2.24) is 9.80 Å². The molecule has 1 aliphatic heterocycles. The number of halogens is 2. The number of rotatable bonds is 8. The van der Waals surface area contributed by atoms with Crippen LogP contribution in [0.2, 0.25) is 0 Å². The molecule has 1 unspecified atom stereocenters. The maximum atomic E-state index is 10.3. The zero-order chi connectivity index (χ0) is 17.5. The predicted molar refractivity (Wildman–Crippen MR) is 111 cm³/mol. The second-order valence-corrected chi connectivity index (χ2v) is 7.03. The second-order valence-electron chi connectivity index (χ2n) is 7.03. The molecule has 0 saturated carbocycles. The largest absolute Gasteiger partial charge is 0.491 e. The third-order valence-corrected chi connectivity index (χ3v) is 4.57. The molecule has 1 aliphatic rings. The third kappa shape index (κ3) is 7.99. The van der Waals surface area contributed by atoms with Gasteiger partial charge in [0.2, 0.25) is 0 Å². The van der Waals surface area contributed by atoms with Crippen LogP contribution in [0.1, 0.15) is 30.9 Å². The Morgan fingerprint density at radius 3 is 2.27 bits per heavy atom. The number of piperazine rings is 1. The van der Waals surface area contributed by atoms with E-state index in [1.165, 1.54) is 11.1 Å². The van der Waals surface area contributed by atoms with E-state index in [9.17, 15) is 5.11 Å². The summed E-state index contributed by atoms with van der Waals surface area (Å²) >= 11 is 0. The molecule has 0 radical (unpaired) electrons. The monoisotopic (exact) mass is 408 g/mol. The standard InChI is InChI=1S/C19H32N2O3.2ClH/c1-15(2)18-5-4-16(3)12-19(18)24-14-17(23)13-21-8-6-20(7-9-21)10-11-22;;/h4-5,12,15,17,22-23H,6-11,13-14H2,1-3H3;2*1H. The van der Waals surface area contributed by atoms with Crippen molar-refractivity contribution in [2.45, 2.75) is 32.8 Å². The van der Waals surface area contributed by atoms with Gasteiger partial charge >= 0.3 is 0 Å². The Bertz CT molecular complexity index is 510. The molecule has 2 N–H and O–H groups in total. The van der Waals surface area contributed by atoms with Crippen molar-refractivity contribution < 1.29 is 14.9 Å². The van der Waals surface area contributed by atoms with Crippen LogP contribution in [-0.4, -0.2) is 78.6 Å². The van der Waals surface area contributed by atoms with Crippen molar-refractivity contribution in [3.05, 3.63) is 29.3 Å². The van der Waals surface area contributed by atoms with Gasteiger partial charge in [-0.15, -0.1) is 24.8 Å². The first kappa shape index (κ1) is 25.4. The van der Waals surface area contributed by atoms with Crippen molar-refractivity contribution >= 4 is 24.8 Å². The summed E-state index contributed by atoms with van der Waals surface area (Å²) in [7, 11) is 0. The Morgan fingerprint density at radius 2 is 1.69 bits per heavy atom. The molecular formula is C19H34Cl2N2O3. The van der Waals surface area contributed by atoms with Crippen LogP contribution in [-0.2, 0) is 0 Å². The summed E-state index contributed by atoms with van der Waals surface area (Å²) in [5.41, 5.74) is 2.36. The van der Waals surface area contributed by atoms with Crippen molar-refractivity contribution in [3.63, 3.8) is 0 Å². The van der Waals surface area contributed by atoms with E-state index in [0.717, 1.165) is 38.5 Å². The Balaban J connectivity index is 0.00000312. The van der Waals surface area contributed by atoms with Crippen molar-refractivity contribution in [1.29, 1.82) is 0 Å². The van der Waals surface area contributed by atoms with Crippen molar-refractivity contribution in [3.8, 4) is 5.75 Å². The smallest absolute Gasteiger partial charge is 0.123 e. The van der Waals surface area contributed by atoms with E-state index in [0.29, 0.717) is 19.1 Å². The van der Waals surface area contributed by atoms with Crippen LogP contribution in [0.5, 0.6) is 5.75 Å². The summed E-state index contributed by atoms with van der Waals surface area (Å²) in [6, 6.07) is 6.27. The number of β-amino-alcohol motifs (C(OH)–C–C–N with tert-alkyl or cyclic N) is 2. The first-order valence-corrected chi connectivity index (χ1v) is 8.96. The zero-order valence-corrected chi connectivity index (χ0v) is 17.7. The van der Waals surface area contributed by atoms with E-state index in [2.05, 4.69) is 48.8 Å². The van der Waals surface area contributed by atoms with Crippen LogP contribution >= 0.6 is 24.8 Å². The van der Waals surface area contributed by atoms with Gasteiger partial charge in [0.15, 0.2) is 0 Å². The van der Waals surface area contributed by atoms with E-state index >= 15 is 0 Å². The van der Waals surface area contributed by atoms with Crippen LogP contribution in [0.25, 0.3) is 0 Å². The van der Waals surface area contributed by atoms with E-state index in [1.807, 2.05) is 0 Å². The molecule has 5 nitrogen and oxygen atoms in total. The van der Waals surface area contributed by atoms with Gasteiger partial charge in [-0.25, -0.2) is 0 Å². The van der Waals surface area contributed by atoms with Gasteiger partial charge in [-0.2, -0.15) is 0 Å². The minimum atomic E-state index is -0.491. The Labute approximate surface area is 170 Å². The molecule has 0 aliphatic carbocycles. The van der Waals surface area contributed by atoms with Crippen LogP contribution in [0.3, 0.4) is 0 Å². The summed E-state index contributed by atoms with van der Waals surface area (Å²) < 4.78 is 5.92. The molecule has 26 heavy (non-hydrogen) atoms. The fourth-order valence-corrected chi connectivity index (χ4v) is 3.12. The molecule has 0 amide bonds. The van der Waals surface area contributed by atoms with E-state index in [-0.39, 0.29) is 31.4 Å².